The van der Waals surface area contributed by atoms with Crippen LogP contribution in [0.25, 0.3) is 0 Å². The van der Waals surface area contributed by atoms with Gasteiger partial charge in [-0.1, -0.05) is 6.92 Å². The highest BCUT2D eigenvalue weighted by molar-refractivity contribution is 4.97. The summed E-state index contributed by atoms with van der Waals surface area (Å²) < 4.78 is 1.81. The maximum Gasteiger partial charge on any atom is 0.140 e. The second-order valence-electron chi connectivity index (χ2n) is 4.56. The molecule has 0 aliphatic heterocycles. The van der Waals surface area contributed by atoms with Crippen LogP contribution in [0, 0.1) is 5.41 Å². The Bertz CT molecular complexity index is 314. The SMILES string of the molecule is CC(NCc1ncnn1C)C1(C)CC1. The summed E-state index contributed by atoms with van der Waals surface area (Å²) >= 11 is 0. The van der Waals surface area contributed by atoms with Crippen LogP contribution in [-0.2, 0) is 13.6 Å². The first-order valence-electron chi connectivity index (χ1n) is 5.18. The number of hydrogen-bond acceptors (Lipinski definition) is 3. The fourth-order valence-corrected chi connectivity index (χ4v) is 1.60. The summed E-state index contributed by atoms with van der Waals surface area (Å²) in [5, 5.41) is 7.54. The Balaban J connectivity index is 1.85. The van der Waals surface area contributed by atoms with Crippen LogP contribution in [-0.4, -0.2) is 20.8 Å². The summed E-state index contributed by atoms with van der Waals surface area (Å²) in [4.78, 5) is 4.18. The average Bonchev–Trinajstić information content (AvgIpc) is 2.77. The molecule has 1 aliphatic rings. The molecule has 1 saturated carbocycles. The van der Waals surface area contributed by atoms with Crippen LogP contribution >= 0.6 is 0 Å². The van der Waals surface area contributed by atoms with E-state index in [1.54, 1.807) is 6.33 Å². The molecule has 0 radical (unpaired) electrons. The van der Waals surface area contributed by atoms with Gasteiger partial charge in [0.05, 0.1) is 6.54 Å². The molecule has 1 unspecified atom stereocenters. The summed E-state index contributed by atoms with van der Waals surface area (Å²) in [7, 11) is 1.92. The molecule has 1 aliphatic carbocycles. The van der Waals surface area contributed by atoms with Crippen molar-refractivity contribution in [1.82, 2.24) is 20.1 Å². The van der Waals surface area contributed by atoms with Crippen molar-refractivity contribution < 1.29 is 0 Å². The number of nitrogens with zero attached hydrogens (tertiary/aromatic N) is 3. The third-order valence-corrected chi connectivity index (χ3v) is 3.46. The van der Waals surface area contributed by atoms with Gasteiger partial charge >= 0.3 is 0 Å². The Morgan fingerprint density at radius 1 is 1.64 bits per heavy atom. The molecular formula is C10H18N4. The Morgan fingerprint density at radius 2 is 2.36 bits per heavy atom. The number of nitrogens with one attached hydrogen (secondary N) is 1. The van der Waals surface area contributed by atoms with Gasteiger partial charge in [0.2, 0.25) is 0 Å². The highest BCUT2D eigenvalue weighted by Gasteiger charge is 2.42. The van der Waals surface area contributed by atoms with Gasteiger partial charge < -0.3 is 5.32 Å². The van der Waals surface area contributed by atoms with Crippen molar-refractivity contribution in [3.8, 4) is 0 Å². The summed E-state index contributed by atoms with van der Waals surface area (Å²) in [6.07, 6.45) is 4.29. The van der Waals surface area contributed by atoms with Crippen LogP contribution in [0.5, 0.6) is 0 Å². The zero-order chi connectivity index (χ0) is 10.2. The number of aryl methyl sites for hydroxylation is 1. The van der Waals surface area contributed by atoms with E-state index >= 15 is 0 Å². The van der Waals surface area contributed by atoms with Crippen molar-refractivity contribution in [2.45, 2.75) is 39.3 Å². The fourth-order valence-electron chi connectivity index (χ4n) is 1.60. The smallest absolute Gasteiger partial charge is 0.140 e. The molecule has 0 bridgehead atoms. The lowest BCUT2D eigenvalue weighted by Crippen LogP contribution is -2.33. The molecule has 14 heavy (non-hydrogen) atoms. The summed E-state index contributed by atoms with van der Waals surface area (Å²) in [6, 6.07) is 0.569. The van der Waals surface area contributed by atoms with Gasteiger partial charge in [0, 0.05) is 13.1 Å². The molecular weight excluding hydrogens is 176 g/mol. The molecule has 1 aromatic heterocycles. The Kier molecular flexibility index (Phi) is 2.31. The van der Waals surface area contributed by atoms with Gasteiger partial charge in [-0.3, -0.25) is 4.68 Å². The van der Waals surface area contributed by atoms with Gasteiger partial charge in [-0.25, -0.2) is 4.98 Å². The van der Waals surface area contributed by atoms with Crippen molar-refractivity contribution >= 4 is 0 Å². The first-order chi connectivity index (χ1) is 6.62. The van der Waals surface area contributed by atoms with Crippen molar-refractivity contribution in [2.75, 3.05) is 0 Å². The van der Waals surface area contributed by atoms with E-state index in [9.17, 15) is 0 Å². The van der Waals surface area contributed by atoms with E-state index < -0.39 is 0 Å². The Morgan fingerprint density at radius 3 is 2.86 bits per heavy atom. The quantitative estimate of drug-likeness (QED) is 0.780. The van der Waals surface area contributed by atoms with Gasteiger partial charge in [0.1, 0.15) is 12.2 Å². The second kappa shape index (κ2) is 3.35. The first kappa shape index (κ1) is 9.65. The number of aromatic nitrogens is 3. The first-order valence-corrected chi connectivity index (χ1v) is 5.18. The molecule has 1 N–H and O–H groups in total. The minimum Gasteiger partial charge on any atom is -0.307 e. The van der Waals surface area contributed by atoms with E-state index in [0.717, 1.165) is 12.4 Å². The van der Waals surface area contributed by atoms with E-state index in [1.807, 2.05) is 11.7 Å². The monoisotopic (exact) mass is 194 g/mol. The molecule has 1 fully saturated rings. The van der Waals surface area contributed by atoms with Crippen LogP contribution in [0.15, 0.2) is 6.33 Å². The fraction of sp³-hybridized carbons (Fsp3) is 0.800. The summed E-state index contributed by atoms with van der Waals surface area (Å²) in [5.41, 5.74) is 0.526. The van der Waals surface area contributed by atoms with Gasteiger partial charge in [0.25, 0.3) is 0 Å². The zero-order valence-electron chi connectivity index (χ0n) is 9.12. The predicted molar refractivity (Wildman–Crippen MR) is 54.6 cm³/mol. The van der Waals surface area contributed by atoms with Crippen molar-refractivity contribution in [1.29, 1.82) is 0 Å². The maximum atomic E-state index is 4.18. The van der Waals surface area contributed by atoms with Gasteiger partial charge in [0.15, 0.2) is 0 Å². The normalized spacial score (nSPS) is 20.8. The Hall–Kier alpha value is -0.900. The third kappa shape index (κ3) is 1.80. The maximum absolute atomic E-state index is 4.18. The van der Waals surface area contributed by atoms with Crippen molar-refractivity contribution in [3.63, 3.8) is 0 Å². The van der Waals surface area contributed by atoms with Gasteiger partial charge in [-0.2, -0.15) is 5.10 Å². The van der Waals surface area contributed by atoms with E-state index in [1.165, 1.54) is 12.8 Å². The highest BCUT2D eigenvalue weighted by atomic mass is 15.3. The van der Waals surface area contributed by atoms with Crippen molar-refractivity contribution in [2.24, 2.45) is 12.5 Å². The molecule has 2 rings (SSSR count). The molecule has 0 saturated heterocycles. The standard InChI is InChI=1S/C10H18N4/c1-8(10(2)4-5-10)11-6-9-12-7-13-14(9)3/h7-8,11H,4-6H2,1-3H3. The lowest BCUT2D eigenvalue weighted by atomic mass is 10.0. The van der Waals surface area contributed by atoms with Crippen LogP contribution in [0.3, 0.4) is 0 Å². The zero-order valence-corrected chi connectivity index (χ0v) is 9.12. The average molecular weight is 194 g/mol. The van der Waals surface area contributed by atoms with Gasteiger partial charge in [-0.05, 0) is 25.2 Å². The topological polar surface area (TPSA) is 42.7 Å². The Labute approximate surface area is 84.7 Å². The third-order valence-electron chi connectivity index (χ3n) is 3.46. The van der Waals surface area contributed by atoms with E-state index in [4.69, 9.17) is 0 Å². The molecule has 1 atom stereocenters. The number of rotatable bonds is 4. The molecule has 4 nitrogen and oxygen atoms in total. The molecule has 1 heterocycles. The molecule has 78 valence electrons. The van der Waals surface area contributed by atoms with Crippen LogP contribution in [0.2, 0.25) is 0 Å². The summed E-state index contributed by atoms with van der Waals surface area (Å²) in [6.45, 7) is 5.40. The van der Waals surface area contributed by atoms with Crippen LogP contribution in [0.4, 0.5) is 0 Å². The minimum absolute atomic E-state index is 0.526. The molecule has 0 amide bonds. The summed E-state index contributed by atoms with van der Waals surface area (Å²) in [5.74, 6) is 1.00. The molecule has 0 aromatic carbocycles. The number of hydrogen-bond donors (Lipinski definition) is 1. The molecule has 1 aromatic rings. The molecule has 4 heteroatoms. The second-order valence-corrected chi connectivity index (χ2v) is 4.56. The lowest BCUT2D eigenvalue weighted by Gasteiger charge is -2.19. The lowest BCUT2D eigenvalue weighted by molar-refractivity contribution is 0.373. The minimum atomic E-state index is 0.526. The van der Waals surface area contributed by atoms with E-state index in [-0.39, 0.29) is 0 Å². The predicted octanol–water partition coefficient (Wildman–Crippen LogP) is 1.09. The largest absolute Gasteiger partial charge is 0.307 e. The highest BCUT2D eigenvalue weighted by Crippen LogP contribution is 2.47. The van der Waals surface area contributed by atoms with Crippen LogP contribution in [0.1, 0.15) is 32.5 Å². The van der Waals surface area contributed by atoms with Gasteiger partial charge in [-0.15, -0.1) is 0 Å². The van der Waals surface area contributed by atoms with E-state index in [0.29, 0.717) is 11.5 Å². The molecule has 0 spiro atoms. The van der Waals surface area contributed by atoms with Crippen LogP contribution < -0.4 is 5.32 Å². The van der Waals surface area contributed by atoms with Crippen molar-refractivity contribution in [3.05, 3.63) is 12.2 Å². The van der Waals surface area contributed by atoms with E-state index in [2.05, 4.69) is 29.2 Å².